The van der Waals surface area contributed by atoms with Gasteiger partial charge in [0.1, 0.15) is 12.4 Å². The van der Waals surface area contributed by atoms with Crippen molar-refractivity contribution < 1.29 is 36.6 Å². The van der Waals surface area contributed by atoms with Gasteiger partial charge in [0, 0.05) is 6.42 Å². The average Bonchev–Trinajstić information content (AvgIpc) is 2.56. The first-order chi connectivity index (χ1) is 8.26. The van der Waals surface area contributed by atoms with E-state index in [0.717, 1.165) is 0 Å². The van der Waals surface area contributed by atoms with Gasteiger partial charge < -0.3 is 14.2 Å². The van der Waals surface area contributed by atoms with E-state index in [9.17, 15) is 22.4 Å². The molecular formula is C10H12F4O4. The fourth-order valence-electron chi connectivity index (χ4n) is 1.45. The molecule has 0 amide bonds. The summed E-state index contributed by atoms with van der Waals surface area (Å²) in [4.78, 5) is 10.8. The maximum Gasteiger partial charge on any atom is 0.511 e. The molecule has 18 heavy (non-hydrogen) atoms. The number of ether oxygens (including phenoxy) is 3. The van der Waals surface area contributed by atoms with Crippen molar-refractivity contribution in [3.05, 3.63) is 11.9 Å². The summed E-state index contributed by atoms with van der Waals surface area (Å²) >= 11 is 0. The molecule has 0 radical (unpaired) electrons. The normalized spacial score (nSPS) is 24.9. The molecule has 0 aliphatic carbocycles. The summed E-state index contributed by atoms with van der Waals surface area (Å²) in [5.74, 6) is -3.00. The highest BCUT2D eigenvalue weighted by Gasteiger charge is 2.43. The summed E-state index contributed by atoms with van der Waals surface area (Å²) in [6.07, 6.45) is -5.51. The Morgan fingerprint density at radius 3 is 2.67 bits per heavy atom. The van der Waals surface area contributed by atoms with Gasteiger partial charge in [-0.25, -0.2) is 9.18 Å². The zero-order chi connectivity index (χ0) is 13.8. The SMILES string of the molecule is CCCC1(OCC(F)=CC(F)(F)F)COC(=O)O1. The summed E-state index contributed by atoms with van der Waals surface area (Å²) in [5, 5.41) is 0. The highest BCUT2D eigenvalue weighted by molar-refractivity contribution is 5.62. The van der Waals surface area contributed by atoms with Gasteiger partial charge in [0.2, 0.25) is 0 Å². The molecule has 0 aromatic rings. The number of carbonyl (C=O) groups is 1. The van der Waals surface area contributed by atoms with Crippen LogP contribution in [0.3, 0.4) is 0 Å². The molecule has 1 heterocycles. The topological polar surface area (TPSA) is 44.8 Å². The van der Waals surface area contributed by atoms with Crippen LogP contribution >= 0.6 is 0 Å². The zero-order valence-corrected chi connectivity index (χ0v) is 9.55. The smallest absolute Gasteiger partial charge is 0.427 e. The highest BCUT2D eigenvalue weighted by Crippen LogP contribution is 2.28. The van der Waals surface area contributed by atoms with Crippen LogP contribution in [0.4, 0.5) is 22.4 Å². The van der Waals surface area contributed by atoms with Crippen molar-refractivity contribution in [2.75, 3.05) is 13.2 Å². The predicted molar refractivity (Wildman–Crippen MR) is 51.3 cm³/mol. The van der Waals surface area contributed by atoms with Crippen LogP contribution in [0.25, 0.3) is 0 Å². The van der Waals surface area contributed by atoms with Gasteiger partial charge in [0.05, 0.1) is 6.08 Å². The monoisotopic (exact) mass is 272 g/mol. The van der Waals surface area contributed by atoms with E-state index in [1.54, 1.807) is 6.92 Å². The molecule has 1 unspecified atom stereocenters. The van der Waals surface area contributed by atoms with E-state index in [0.29, 0.717) is 6.42 Å². The Labute approximate surface area is 100 Å². The second-order valence-corrected chi connectivity index (χ2v) is 3.72. The van der Waals surface area contributed by atoms with Crippen LogP contribution in [0, 0.1) is 0 Å². The molecule has 0 aromatic carbocycles. The first kappa shape index (κ1) is 14.7. The van der Waals surface area contributed by atoms with Crippen LogP contribution in [0.2, 0.25) is 0 Å². The first-order valence-corrected chi connectivity index (χ1v) is 5.20. The van der Waals surface area contributed by atoms with Gasteiger partial charge in [-0.05, 0) is 6.42 Å². The van der Waals surface area contributed by atoms with Gasteiger partial charge in [-0.3, -0.25) is 0 Å². The lowest BCUT2D eigenvalue weighted by Gasteiger charge is -2.24. The van der Waals surface area contributed by atoms with E-state index >= 15 is 0 Å². The van der Waals surface area contributed by atoms with Crippen LogP contribution < -0.4 is 0 Å². The number of carbonyl (C=O) groups excluding carboxylic acids is 1. The minimum absolute atomic E-state index is 0.206. The van der Waals surface area contributed by atoms with Gasteiger partial charge in [-0.2, -0.15) is 13.2 Å². The van der Waals surface area contributed by atoms with Crippen molar-refractivity contribution in [1.82, 2.24) is 0 Å². The molecule has 1 aliphatic heterocycles. The number of halogens is 4. The van der Waals surface area contributed by atoms with Gasteiger partial charge >= 0.3 is 12.3 Å². The second kappa shape index (κ2) is 5.55. The number of hydrogen-bond acceptors (Lipinski definition) is 4. The summed E-state index contributed by atoms with van der Waals surface area (Å²) < 4.78 is 62.5. The van der Waals surface area contributed by atoms with Crippen molar-refractivity contribution in [3.63, 3.8) is 0 Å². The number of rotatable bonds is 5. The average molecular weight is 272 g/mol. The molecule has 0 spiro atoms. The molecule has 1 atom stereocenters. The lowest BCUT2D eigenvalue weighted by atomic mass is 10.1. The summed E-state index contributed by atoms with van der Waals surface area (Å²) in [6.45, 7) is 0.550. The minimum atomic E-state index is -4.76. The Balaban J connectivity index is 2.59. The summed E-state index contributed by atoms with van der Waals surface area (Å²) in [7, 11) is 0. The van der Waals surface area contributed by atoms with E-state index in [2.05, 4.69) is 4.74 Å². The molecule has 4 nitrogen and oxygen atoms in total. The Hall–Kier alpha value is -1.31. The molecular weight excluding hydrogens is 260 g/mol. The molecule has 104 valence electrons. The standard InChI is InChI=1S/C10H12F4O4/c1-2-3-9(6-16-8(15)18-9)17-5-7(11)4-10(12,13)14/h4H,2-3,5-6H2,1H3. The molecule has 0 saturated carbocycles. The van der Waals surface area contributed by atoms with E-state index in [1.807, 2.05) is 0 Å². The molecule has 1 fully saturated rings. The van der Waals surface area contributed by atoms with Crippen LogP contribution in [0.15, 0.2) is 11.9 Å². The molecule has 8 heteroatoms. The quantitative estimate of drug-likeness (QED) is 0.570. The van der Waals surface area contributed by atoms with Gasteiger partial charge in [0.25, 0.3) is 5.79 Å². The van der Waals surface area contributed by atoms with E-state index in [4.69, 9.17) is 9.47 Å². The van der Waals surface area contributed by atoms with Crippen molar-refractivity contribution >= 4 is 6.16 Å². The van der Waals surface area contributed by atoms with E-state index < -0.39 is 36.6 Å². The van der Waals surface area contributed by atoms with Crippen molar-refractivity contribution in [2.45, 2.75) is 31.7 Å². The first-order valence-electron chi connectivity index (χ1n) is 5.20. The van der Waals surface area contributed by atoms with Crippen molar-refractivity contribution in [3.8, 4) is 0 Å². The van der Waals surface area contributed by atoms with Crippen LogP contribution in [-0.4, -0.2) is 31.3 Å². The highest BCUT2D eigenvalue weighted by atomic mass is 19.4. The zero-order valence-electron chi connectivity index (χ0n) is 9.55. The fourth-order valence-corrected chi connectivity index (χ4v) is 1.45. The lowest BCUT2D eigenvalue weighted by Crippen LogP contribution is -2.35. The molecule has 1 saturated heterocycles. The third kappa shape index (κ3) is 4.52. The Morgan fingerprint density at radius 2 is 2.22 bits per heavy atom. The second-order valence-electron chi connectivity index (χ2n) is 3.72. The Bertz CT molecular complexity index is 339. The van der Waals surface area contributed by atoms with E-state index in [-0.39, 0.29) is 13.0 Å². The number of hydrogen-bond donors (Lipinski definition) is 0. The molecule has 0 N–H and O–H groups in total. The van der Waals surface area contributed by atoms with Crippen molar-refractivity contribution in [1.29, 1.82) is 0 Å². The Kier molecular flexibility index (Phi) is 4.55. The van der Waals surface area contributed by atoms with Gasteiger partial charge in [-0.15, -0.1) is 0 Å². The largest absolute Gasteiger partial charge is 0.511 e. The van der Waals surface area contributed by atoms with Crippen LogP contribution in [0.5, 0.6) is 0 Å². The maximum atomic E-state index is 12.9. The summed E-state index contributed by atoms with van der Waals surface area (Å²) in [6, 6.07) is 0. The van der Waals surface area contributed by atoms with E-state index in [1.165, 1.54) is 0 Å². The number of allylic oxidation sites excluding steroid dienone is 1. The maximum absolute atomic E-state index is 12.9. The molecule has 0 bridgehead atoms. The Morgan fingerprint density at radius 1 is 1.56 bits per heavy atom. The fraction of sp³-hybridized carbons (Fsp3) is 0.700. The molecule has 1 rings (SSSR count). The van der Waals surface area contributed by atoms with Gasteiger partial charge in [0.15, 0.2) is 6.61 Å². The van der Waals surface area contributed by atoms with Crippen LogP contribution in [0.1, 0.15) is 19.8 Å². The summed E-state index contributed by atoms with van der Waals surface area (Å²) in [5.41, 5.74) is 0. The van der Waals surface area contributed by atoms with Crippen LogP contribution in [-0.2, 0) is 14.2 Å². The number of cyclic esters (lactones) is 2. The van der Waals surface area contributed by atoms with Crippen molar-refractivity contribution in [2.24, 2.45) is 0 Å². The third-order valence-corrected chi connectivity index (χ3v) is 2.10. The lowest BCUT2D eigenvalue weighted by molar-refractivity contribution is -0.181. The molecule has 0 aromatic heterocycles. The minimum Gasteiger partial charge on any atom is -0.427 e. The predicted octanol–water partition coefficient (Wildman–Crippen LogP) is 3.08. The third-order valence-electron chi connectivity index (χ3n) is 2.10. The molecule has 1 aliphatic rings. The number of alkyl halides is 3. The van der Waals surface area contributed by atoms with Gasteiger partial charge in [-0.1, -0.05) is 6.92 Å².